The Morgan fingerprint density at radius 2 is 2.42 bits per heavy atom. The number of aryl methyl sites for hydroxylation is 1. The third-order valence-electron chi connectivity index (χ3n) is 3.45. The fourth-order valence-corrected chi connectivity index (χ4v) is 3.37. The van der Waals surface area contributed by atoms with Crippen molar-refractivity contribution in [3.63, 3.8) is 0 Å². The molecule has 0 amide bonds. The molecule has 1 fully saturated rings. The van der Waals surface area contributed by atoms with Gasteiger partial charge in [-0.3, -0.25) is 4.79 Å². The molecule has 0 aliphatic carbocycles. The van der Waals surface area contributed by atoms with Crippen LogP contribution in [0.15, 0.2) is 28.7 Å². The van der Waals surface area contributed by atoms with E-state index in [2.05, 4.69) is 5.32 Å². The van der Waals surface area contributed by atoms with Gasteiger partial charge in [0.05, 0.1) is 0 Å². The molecule has 1 saturated heterocycles. The third-order valence-corrected chi connectivity index (χ3v) is 4.58. The highest BCUT2D eigenvalue weighted by Crippen LogP contribution is 2.24. The maximum atomic E-state index is 12.3. The van der Waals surface area contributed by atoms with Crippen LogP contribution in [0.25, 0.3) is 11.0 Å². The third kappa shape index (κ3) is 2.69. The summed E-state index contributed by atoms with van der Waals surface area (Å²) in [5, 5.41) is 4.39. The Kier molecular flexibility index (Phi) is 3.62. The Morgan fingerprint density at radius 1 is 1.53 bits per heavy atom. The van der Waals surface area contributed by atoms with E-state index in [-0.39, 0.29) is 11.8 Å². The first kappa shape index (κ1) is 12.8. The number of nitrogens with one attached hydrogen (secondary N) is 1. The minimum absolute atomic E-state index is 0.0931. The van der Waals surface area contributed by atoms with Gasteiger partial charge in [0.15, 0.2) is 11.5 Å². The molecule has 3 nitrogen and oxygen atoms in total. The Balaban J connectivity index is 1.79. The lowest BCUT2D eigenvalue weighted by atomic mass is 10.1. The molecule has 100 valence electrons. The van der Waals surface area contributed by atoms with E-state index in [0.29, 0.717) is 12.2 Å². The summed E-state index contributed by atoms with van der Waals surface area (Å²) in [5.74, 6) is 2.72. The molecule has 1 aromatic carbocycles. The Hall–Kier alpha value is -1.26. The molecule has 1 unspecified atom stereocenters. The molecule has 1 aromatic heterocycles. The van der Waals surface area contributed by atoms with E-state index >= 15 is 0 Å². The zero-order chi connectivity index (χ0) is 13.2. The highest BCUT2D eigenvalue weighted by Gasteiger charge is 2.20. The zero-order valence-electron chi connectivity index (χ0n) is 10.9. The standard InChI is InChI=1S/C15H17NO2S/c1-10-3-2-4-11-7-14(18-15(10)11)13(17)8-12-9-19-6-5-16-12/h2-4,7,12,16H,5-6,8-9H2,1H3. The van der Waals surface area contributed by atoms with Crippen molar-refractivity contribution in [2.24, 2.45) is 0 Å². The molecule has 2 heterocycles. The number of para-hydroxylation sites is 1. The van der Waals surface area contributed by atoms with Crippen LogP contribution in [-0.4, -0.2) is 29.9 Å². The first-order valence-electron chi connectivity index (χ1n) is 6.57. The van der Waals surface area contributed by atoms with Gasteiger partial charge < -0.3 is 9.73 Å². The van der Waals surface area contributed by atoms with Crippen LogP contribution in [0.5, 0.6) is 0 Å². The van der Waals surface area contributed by atoms with Crippen molar-refractivity contribution >= 4 is 28.5 Å². The van der Waals surface area contributed by atoms with Crippen LogP contribution in [0, 0.1) is 6.92 Å². The number of carbonyl (C=O) groups is 1. The van der Waals surface area contributed by atoms with Gasteiger partial charge in [-0.15, -0.1) is 0 Å². The van der Waals surface area contributed by atoms with E-state index < -0.39 is 0 Å². The average Bonchev–Trinajstić information content (AvgIpc) is 2.85. The van der Waals surface area contributed by atoms with Crippen LogP contribution in [0.3, 0.4) is 0 Å². The summed E-state index contributed by atoms with van der Waals surface area (Å²) >= 11 is 1.90. The van der Waals surface area contributed by atoms with Gasteiger partial charge in [-0.1, -0.05) is 18.2 Å². The van der Waals surface area contributed by atoms with Crippen LogP contribution in [0.4, 0.5) is 0 Å². The summed E-state index contributed by atoms with van der Waals surface area (Å²) in [7, 11) is 0. The van der Waals surface area contributed by atoms with Gasteiger partial charge in [0, 0.05) is 35.9 Å². The predicted octanol–water partition coefficient (Wildman–Crippen LogP) is 3.02. The number of Topliss-reactive ketones (excluding diaryl/α,β-unsaturated/α-hetero) is 1. The van der Waals surface area contributed by atoms with Crippen molar-refractivity contribution in [3.05, 3.63) is 35.6 Å². The van der Waals surface area contributed by atoms with Crippen molar-refractivity contribution in [2.45, 2.75) is 19.4 Å². The number of hydrogen-bond donors (Lipinski definition) is 1. The molecule has 0 radical (unpaired) electrons. The highest BCUT2D eigenvalue weighted by molar-refractivity contribution is 7.99. The lowest BCUT2D eigenvalue weighted by Gasteiger charge is -2.21. The second-order valence-electron chi connectivity index (χ2n) is 4.96. The number of hydrogen-bond acceptors (Lipinski definition) is 4. The maximum Gasteiger partial charge on any atom is 0.199 e. The number of carbonyl (C=O) groups excluding carboxylic acids is 1. The van der Waals surface area contributed by atoms with Crippen molar-refractivity contribution in [1.82, 2.24) is 5.32 Å². The van der Waals surface area contributed by atoms with E-state index in [1.165, 1.54) is 0 Å². The van der Waals surface area contributed by atoms with Crippen molar-refractivity contribution in [3.8, 4) is 0 Å². The van der Waals surface area contributed by atoms with E-state index in [1.807, 2.05) is 43.0 Å². The van der Waals surface area contributed by atoms with Gasteiger partial charge in [-0.05, 0) is 18.6 Å². The number of benzene rings is 1. The van der Waals surface area contributed by atoms with Gasteiger partial charge in [-0.25, -0.2) is 0 Å². The molecular formula is C15H17NO2S. The van der Waals surface area contributed by atoms with E-state index in [1.54, 1.807) is 0 Å². The molecule has 1 aliphatic rings. The highest BCUT2D eigenvalue weighted by atomic mass is 32.2. The largest absolute Gasteiger partial charge is 0.453 e. The van der Waals surface area contributed by atoms with Crippen molar-refractivity contribution in [2.75, 3.05) is 18.1 Å². The van der Waals surface area contributed by atoms with Crippen LogP contribution in [0.1, 0.15) is 22.5 Å². The van der Waals surface area contributed by atoms with Crippen LogP contribution in [0.2, 0.25) is 0 Å². The van der Waals surface area contributed by atoms with Crippen molar-refractivity contribution in [1.29, 1.82) is 0 Å². The van der Waals surface area contributed by atoms with Gasteiger partial charge >= 0.3 is 0 Å². The number of furan rings is 1. The Bertz CT molecular complexity index is 599. The molecule has 1 atom stereocenters. The second kappa shape index (κ2) is 5.39. The fraction of sp³-hybridized carbons (Fsp3) is 0.400. The normalized spacial score (nSPS) is 19.7. The Morgan fingerprint density at radius 3 is 3.16 bits per heavy atom. The van der Waals surface area contributed by atoms with Crippen LogP contribution < -0.4 is 5.32 Å². The monoisotopic (exact) mass is 275 g/mol. The number of thioether (sulfide) groups is 1. The summed E-state index contributed by atoms with van der Waals surface area (Å²) in [6, 6.07) is 8.11. The van der Waals surface area contributed by atoms with E-state index in [4.69, 9.17) is 4.42 Å². The fourth-order valence-electron chi connectivity index (χ4n) is 2.42. The summed E-state index contributed by atoms with van der Waals surface area (Å²) in [5.41, 5.74) is 1.90. The molecular weight excluding hydrogens is 258 g/mol. The van der Waals surface area contributed by atoms with Gasteiger partial charge in [0.2, 0.25) is 0 Å². The lowest BCUT2D eigenvalue weighted by molar-refractivity contribution is 0.0947. The molecule has 0 spiro atoms. The molecule has 19 heavy (non-hydrogen) atoms. The summed E-state index contributed by atoms with van der Waals surface area (Å²) in [6.07, 6.45) is 0.520. The lowest BCUT2D eigenvalue weighted by Crippen LogP contribution is -2.38. The average molecular weight is 275 g/mol. The summed E-state index contributed by atoms with van der Waals surface area (Å²) in [4.78, 5) is 12.3. The molecule has 2 aromatic rings. The quantitative estimate of drug-likeness (QED) is 0.874. The van der Waals surface area contributed by atoms with E-state index in [0.717, 1.165) is 34.6 Å². The molecule has 3 rings (SSSR count). The second-order valence-corrected chi connectivity index (χ2v) is 6.11. The minimum atomic E-state index is 0.0931. The summed E-state index contributed by atoms with van der Waals surface area (Å²) < 4.78 is 5.72. The molecule has 4 heteroatoms. The van der Waals surface area contributed by atoms with Gasteiger partial charge in [-0.2, -0.15) is 11.8 Å². The van der Waals surface area contributed by atoms with Gasteiger partial charge in [0.25, 0.3) is 0 Å². The smallest absolute Gasteiger partial charge is 0.199 e. The molecule has 1 aliphatic heterocycles. The van der Waals surface area contributed by atoms with Gasteiger partial charge in [0.1, 0.15) is 5.58 Å². The maximum absolute atomic E-state index is 12.3. The first-order valence-corrected chi connectivity index (χ1v) is 7.73. The predicted molar refractivity (Wildman–Crippen MR) is 79.0 cm³/mol. The molecule has 1 N–H and O–H groups in total. The molecule has 0 bridgehead atoms. The topological polar surface area (TPSA) is 42.2 Å². The number of fused-ring (bicyclic) bond motifs is 1. The van der Waals surface area contributed by atoms with E-state index in [9.17, 15) is 4.79 Å². The van der Waals surface area contributed by atoms with Crippen LogP contribution in [-0.2, 0) is 0 Å². The minimum Gasteiger partial charge on any atom is -0.453 e. The van der Waals surface area contributed by atoms with Crippen LogP contribution >= 0.6 is 11.8 Å². The SMILES string of the molecule is Cc1cccc2cc(C(=O)CC3CSCCN3)oc12. The first-order chi connectivity index (χ1) is 9.24. The van der Waals surface area contributed by atoms with Crippen molar-refractivity contribution < 1.29 is 9.21 Å². The molecule has 0 saturated carbocycles. The number of ketones is 1. The number of rotatable bonds is 3. The summed E-state index contributed by atoms with van der Waals surface area (Å²) in [6.45, 7) is 2.99. The Labute approximate surface area is 116 Å². The zero-order valence-corrected chi connectivity index (χ0v) is 11.8.